The molecule has 1 aromatic rings. The Balaban J connectivity index is 0.00000220. The van der Waals surface area contributed by atoms with Crippen LogP contribution in [0.15, 0.2) is 12.1 Å². The molecule has 4 heteroatoms. The lowest BCUT2D eigenvalue weighted by Gasteiger charge is -2.24. The van der Waals surface area contributed by atoms with E-state index in [0.717, 1.165) is 38.6 Å². The van der Waals surface area contributed by atoms with Crippen molar-refractivity contribution in [2.45, 2.75) is 20.8 Å². The number of benzene rings is 1. The Morgan fingerprint density at radius 2 is 1.86 bits per heavy atom. The van der Waals surface area contributed by atoms with Crippen LogP contribution in [0.4, 0.5) is 0 Å². The molecule has 1 heterocycles. The maximum Gasteiger partial charge on any atom is 0.149 e. The molecule has 0 saturated carbocycles. The van der Waals surface area contributed by atoms with Crippen molar-refractivity contribution >= 4 is 12.4 Å². The molecule has 0 atom stereocenters. The van der Waals surface area contributed by atoms with E-state index in [0.29, 0.717) is 6.61 Å². The lowest BCUT2D eigenvalue weighted by Crippen LogP contribution is -2.36. The van der Waals surface area contributed by atoms with Crippen LogP contribution in [-0.2, 0) is 4.74 Å². The number of halogens is 1. The number of aryl methyl sites for hydroxylation is 2. The van der Waals surface area contributed by atoms with E-state index in [2.05, 4.69) is 49.6 Å². The second-order valence-electron chi connectivity index (χ2n) is 5.24. The van der Waals surface area contributed by atoms with E-state index < -0.39 is 0 Å². The number of nitrogens with zero attached hydrogens (tertiary/aromatic N) is 1. The Hall–Kier alpha value is -1.21. The fourth-order valence-corrected chi connectivity index (χ4v) is 2.24. The Labute approximate surface area is 134 Å². The van der Waals surface area contributed by atoms with Crippen LogP contribution < -0.4 is 4.74 Å². The largest absolute Gasteiger partial charge is 0.481 e. The molecule has 0 radical (unpaired) electrons. The molecule has 1 aromatic carbocycles. The fourth-order valence-electron chi connectivity index (χ4n) is 2.24. The first-order valence-corrected chi connectivity index (χ1v) is 7.13. The van der Waals surface area contributed by atoms with Gasteiger partial charge in [0.05, 0.1) is 19.8 Å². The smallest absolute Gasteiger partial charge is 0.149 e. The molecule has 0 bridgehead atoms. The maximum atomic E-state index is 5.77. The van der Waals surface area contributed by atoms with Crippen molar-refractivity contribution in [1.29, 1.82) is 0 Å². The van der Waals surface area contributed by atoms with Gasteiger partial charge in [-0.1, -0.05) is 17.9 Å². The third kappa shape index (κ3) is 5.59. The van der Waals surface area contributed by atoms with Crippen molar-refractivity contribution in [2.75, 3.05) is 39.5 Å². The Morgan fingerprint density at radius 3 is 2.57 bits per heavy atom. The number of morpholine rings is 1. The highest BCUT2D eigenvalue weighted by molar-refractivity contribution is 5.85. The molecule has 1 fully saturated rings. The minimum atomic E-state index is 0. The van der Waals surface area contributed by atoms with Gasteiger partial charge in [-0.05, 0) is 43.5 Å². The van der Waals surface area contributed by atoms with Crippen LogP contribution in [0.25, 0.3) is 0 Å². The van der Waals surface area contributed by atoms with Gasteiger partial charge in [-0.25, -0.2) is 0 Å². The molecule has 0 aliphatic carbocycles. The highest BCUT2D eigenvalue weighted by Crippen LogP contribution is 2.22. The molecule has 0 spiro atoms. The average molecular weight is 310 g/mol. The summed E-state index contributed by atoms with van der Waals surface area (Å²) < 4.78 is 11.1. The molecule has 1 aliphatic heterocycles. The highest BCUT2D eigenvalue weighted by atomic mass is 35.5. The van der Waals surface area contributed by atoms with Crippen LogP contribution in [0.3, 0.4) is 0 Å². The van der Waals surface area contributed by atoms with E-state index in [-0.39, 0.29) is 12.4 Å². The van der Waals surface area contributed by atoms with Gasteiger partial charge in [0.25, 0.3) is 0 Å². The zero-order valence-corrected chi connectivity index (χ0v) is 13.9. The van der Waals surface area contributed by atoms with E-state index in [4.69, 9.17) is 9.47 Å². The lowest BCUT2D eigenvalue weighted by molar-refractivity contribution is 0.0443. The summed E-state index contributed by atoms with van der Waals surface area (Å²) in [6, 6.07) is 4.25. The molecule has 0 N–H and O–H groups in total. The molecule has 116 valence electrons. The first-order chi connectivity index (χ1) is 9.66. The summed E-state index contributed by atoms with van der Waals surface area (Å²) in [5.74, 6) is 7.21. The van der Waals surface area contributed by atoms with Crippen LogP contribution >= 0.6 is 12.4 Å². The average Bonchev–Trinajstić information content (AvgIpc) is 2.44. The predicted octanol–water partition coefficient (Wildman–Crippen LogP) is 2.75. The van der Waals surface area contributed by atoms with Crippen molar-refractivity contribution in [1.82, 2.24) is 4.90 Å². The summed E-state index contributed by atoms with van der Waals surface area (Å²) in [6.07, 6.45) is 0. The van der Waals surface area contributed by atoms with E-state index >= 15 is 0 Å². The topological polar surface area (TPSA) is 21.7 Å². The summed E-state index contributed by atoms with van der Waals surface area (Å²) in [5, 5.41) is 0. The zero-order chi connectivity index (χ0) is 14.4. The monoisotopic (exact) mass is 309 g/mol. The second-order valence-corrected chi connectivity index (χ2v) is 5.24. The summed E-state index contributed by atoms with van der Waals surface area (Å²) in [7, 11) is 0. The van der Waals surface area contributed by atoms with Gasteiger partial charge in [-0.15, -0.1) is 12.4 Å². The highest BCUT2D eigenvalue weighted by Gasteiger charge is 2.07. The van der Waals surface area contributed by atoms with E-state index in [9.17, 15) is 0 Å². The van der Waals surface area contributed by atoms with Gasteiger partial charge in [-0.3, -0.25) is 4.90 Å². The van der Waals surface area contributed by atoms with Gasteiger partial charge >= 0.3 is 0 Å². The molecule has 21 heavy (non-hydrogen) atoms. The molecule has 3 nitrogen and oxygen atoms in total. The number of rotatable bonds is 3. The Bertz CT molecular complexity index is 514. The lowest BCUT2D eigenvalue weighted by atomic mass is 10.1. The predicted molar refractivity (Wildman–Crippen MR) is 88.4 cm³/mol. The van der Waals surface area contributed by atoms with Gasteiger partial charge in [-0.2, -0.15) is 0 Å². The van der Waals surface area contributed by atoms with Crippen molar-refractivity contribution in [3.8, 4) is 17.6 Å². The van der Waals surface area contributed by atoms with Gasteiger partial charge in [0.15, 0.2) is 0 Å². The minimum absolute atomic E-state index is 0. The van der Waals surface area contributed by atoms with Gasteiger partial charge in [0.2, 0.25) is 0 Å². The van der Waals surface area contributed by atoms with Gasteiger partial charge < -0.3 is 9.47 Å². The maximum absolute atomic E-state index is 5.77. The van der Waals surface area contributed by atoms with Crippen LogP contribution in [0, 0.1) is 32.6 Å². The summed E-state index contributed by atoms with van der Waals surface area (Å²) >= 11 is 0. The molecule has 1 saturated heterocycles. The first kappa shape index (κ1) is 17.8. The van der Waals surface area contributed by atoms with Crippen molar-refractivity contribution in [3.63, 3.8) is 0 Å². The number of hydrogen-bond donors (Lipinski definition) is 0. The fraction of sp³-hybridized carbons (Fsp3) is 0.529. The molecular formula is C17H24ClNO2. The normalized spacial score (nSPS) is 14.8. The minimum Gasteiger partial charge on any atom is -0.481 e. The van der Waals surface area contributed by atoms with Crippen LogP contribution in [0.2, 0.25) is 0 Å². The van der Waals surface area contributed by atoms with Crippen molar-refractivity contribution in [2.24, 2.45) is 0 Å². The molecular weight excluding hydrogens is 286 g/mol. The van der Waals surface area contributed by atoms with Gasteiger partial charge in [0.1, 0.15) is 12.4 Å². The third-order valence-corrected chi connectivity index (χ3v) is 3.60. The van der Waals surface area contributed by atoms with Crippen molar-refractivity contribution < 1.29 is 9.47 Å². The molecule has 0 aromatic heterocycles. The summed E-state index contributed by atoms with van der Waals surface area (Å²) in [5.41, 5.74) is 3.69. The standard InChI is InChI=1S/C17H23NO2.ClH/c1-14-12-15(2)16(3)17(13-14)20-9-5-4-6-18-7-10-19-11-8-18;/h12-13H,6-11H2,1-3H3;1H. The summed E-state index contributed by atoms with van der Waals surface area (Å²) in [6.45, 7) is 11.1. The number of ether oxygens (including phenoxy) is 2. The van der Waals surface area contributed by atoms with Crippen molar-refractivity contribution in [3.05, 3.63) is 28.8 Å². The van der Waals surface area contributed by atoms with E-state index in [1.165, 1.54) is 16.7 Å². The van der Waals surface area contributed by atoms with Crippen LogP contribution in [-0.4, -0.2) is 44.4 Å². The molecule has 0 unspecified atom stereocenters. The quantitative estimate of drug-likeness (QED) is 0.801. The Morgan fingerprint density at radius 1 is 1.14 bits per heavy atom. The summed E-state index contributed by atoms with van der Waals surface area (Å²) in [4.78, 5) is 2.30. The third-order valence-electron chi connectivity index (χ3n) is 3.60. The van der Waals surface area contributed by atoms with Gasteiger partial charge in [0, 0.05) is 13.1 Å². The van der Waals surface area contributed by atoms with Crippen LogP contribution in [0.5, 0.6) is 5.75 Å². The first-order valence-electron chi connectivity index (χ1n) is 7.13. The number of hydrogen-bond acceptors (Lipinski definition) is 3. The van der Waals surface area contributed by atoms with E-state index in [1.807, 2.05) is 0 Å². The molecule has 2 rings (SSSR count). The Kier molecular flexibility index (Phi) is 7.60. The zero-order valence-electron chi connectivity index (χ0n) is 13.1. The molecule has 0 amide bonds. The second kappa shape index (κ2) is 8.94. The SMILES string of the molecule is Cc1cc(C)c(C)c(OCC#CCN2CCOCC2)c1.Cl. The van der Waals surface area contributed by atoms with E-state index in [1.54, 1.807) is 0 Å². The molecule has 1 aliphatic rings. The van der Waals surface area contributed by atoms with Crippen LogP contribution in [0.1, 0.15) is 16.7 Å².